The number of methoxy groups -OCH3 is 1. The maximum atomic E-state index is 11.9. The summed E-state index contributed by atoms with van der Waals surface area (Å²) in [6.07, 6.45) is 0. The quantitative estimate of drug-likeness (QED) is 0.785. The fourth-order valence-corrected chi connectivity index (χ4v) is 1.32. The Morgan fingerprint density at radius 2 is 2.06 bits per heavy atom. The zero-order chi connectivity index (χ0) is 12.1. The zero-order valence-electron chi connectivity index (χ0n) is 10.2. The first-order valence-corrected chi connectivity index (χ1v) is 5.23. The van der Waals surface area contributed by atoms with E-state index in [1.54, 1.807) is 31.0 Å². The number of amides is 2. The highest BCUT2D eigenvalue weighted by Crippen LogP contribution is 2.20. The topological polar surface area (TPSA) is 32.8 Å². The monoisotopic (exact) mass is 222 g/mol. The van der Waals surface area contributed by atoms with Gasteiger partial charge in [0.2, 0.25) is 0 Å². The van der Waals surface area contributed by atoms with Crippen LogP contribution in [-0.2, 0) is 0 Å². The van der Waals surface area contributed by atoms with Crippen LogP contribution in [0.2, 0.25) is 0 Å². The van der Waals surface area contributed by atoms with Gasteiger partial charge < -0.3 is 9.64 Å². The number of rotatable bonds is 3. The van der Waals surface area contributed by atoms with Crippen LogP contribution in [-0.4, -0.2) is 38.7 Å². The third kappa shape index (κ3) is 2.66. The van der Waals surface area contributed by atoms with Gasteiger partial charge in [-0.25, -0.2) is 4.79 Å². The van der Waals surface area contributed by atoms with Crippen LogP contribution in [0.15, 0.2) is 24.3 Å². The van der Waals surface area contributed by atoms with E-state index in [2.05, 4.69) is 0 Å². The first-order valence-electron chi connectivity index (χ1n) is 5.23. The van der Waals surface area contributed by atoms with Gasteiger partial charge in [0.15, 0.2) is 0 Å². The molecular weight excluding hydrogens is 204 g/mol. The number of urea groups is 1. The maximum Gasteiger partial charge on any atom is 0.323 e. The first-order chi connectivity index (χ1) is 7.60. The molecule has 0 atom stereocenters. The van der Waals surface area contributed by atoms with Crippen LogP contribution >= 0.6 is 0 Å². The molecule has 0 aliphatic rings. The summed E-state index contributed by atoms with van der Waals surface area (Å²) in [5.41, 5.74) is 0.824. The average Bonchev–Trinajstić information content (AvgIpc) is 2.36. The predicted octanol–water partition coefficient (Wildman–Crippen LogP) is 2.20. The summed E-state index contributed by atoms with van der Waals surface area (Å²) in [4.78, 5) is 15.1. The van der Waals surface area contributed by atoms with E-state index in [0.29, 0.717) is 6.54 Å². The van der Waals surface area contributed by atoms with Gasteiger partial charge in [-0.2, -0.15) is 0 Å². The van der Waals surface area contributed by atoms with E-state index in [0.717, 1.165) is 11.4 Å². The van der Waals surface area contributed by atoms with Crippen molar-refractivity contribution in [2.24, 2.45) is 0 Å². The molecule has 4 heteroatoms. The second kappa shape index (κ2) is 5.39. The standard InChI is InChI=1S/C12H18N2O2/c1-5-13(2)12(15)14(3)10-7-6-8-11(9-10)16-4/h6-9H,5H2,1-4H3. The largest absolute Gasteiger partial charge is 0.497 e. The minimum atomic E-state index is -0.0317. The van der Waals surface area contributed by atoms with Crippen molar-refractivity contribution in [3.05, 3.63) is 24.3 Å². The molecule has 0 unspecified atom stereocenters. The molecule has 0 aromatic heterocycles. The molecule has 0 bridgehead atoms. The number of anilines is 1. The normalized spacial score (nSPS) is 9.75. The lowest BCUT2D eigenvalue weighted by Crippen LogP contribution is -2.38. The summed E-state index contributed by atoms with van der Waals surface area (Å²) in [6.45, 7) is 2.63. The Bertz CT molecular complexity index is 366. The Balaban J connectivity index is 2.87. The van der Waals surface area contributed by atoms with Crippen molar-refractivity contribution in [1.82, 2.24) is 4.90 Å². The number of benzene rings is 1. The molecule has 0 fully saturated rings. The molecule has 0 N–H and O–H groups in total. The Morgan fingerprint density at radius 1 is 1.38 bits per heavy atom. The number of carbonyl (C=O) groups excluding carboxylic acids is 1. The molecule has 0 aliphatic heterocycles. The fourth-order valence-electron chi connectivity index (χ4n) is 1.32. The van der Waals surface area contributed by atoms with E-state index in [1.807, 2.05) is 31.2 Å². The summed E-state index contributed by atoms with van der Waals surface area (Å²) in [5, 5.41) is 0. The highest BCUT2D eigenvalue weighted by Gasteiger charge is 2.14. The Hall–Kier alpha value is -1.71. The summed E-state index contributed by atoms with van der Waals surface area (Å²) >= 11 is 0. The molecular formula is C12H18N2O2. The molecule has 1 rings (SSSR count). The van der Waals surface area contributed by atoms with Crippen LogP contribution in [0.3, 0.4) is 0 Å². The highest BCUT2D eigenvalue weighted by molar-refractivity contribution is 5.91. The summed E-state index contributed by atoms with van der Waals surface area (Å²) in [5.74, 6) is 0.747. The molecule has 1 aromatic carbocycles. The minimum Gasteiger partial charge on any atom is -0.497 e. The van der Waals surface area contributed by atoms with Crippen molar-refractivity contribution in [3.63, 3.8) is 0 Å². The van der Waals surface area contributed by atoms with E-state index in [9.17, 15) is 4.79 Å². The maximum absolute atomic E-state index is 11.9. The minimum absolute atomic E-state index is 0.0317. The van der Waals surface area contributed by atoms with E-state index in [-0.39, 0.29) is 6.03 Å². The van der Waals surface area contributed by atoms with Gasteiger partial charge in [0.05, 0.1) is 7.11 Å². The molecule has 1 aromatic rings. The molecule has 0 radical (unpaired) electrons. The smallest absolute Gasteiger partial charge is 0.323 e. The lowest BCUT2D eigenvalue weighted by atomic mass is 10.3. The van der Waals surface area contributed by atoms with Gasteiger partial charge in [-0.3, -0.25) is 4.90 Å². The van der Waals surface area contributed by atoms with Crippen LogP contribution in [0.25, 0.3) is 0 Å². The molecule has 0 aliphatic carbocycles. The van der Waals surface area contributed by atoms with Crippen LogP contribution in [0.1, 0.15) is 6.92 Å². The van der Waals surface area contributed by atoms with Crippen molar-refractivity contribution in [1.29, 1.82) is 0 Å². The molecule has 0 spiro atoms. The lowest BCUT2D eigenvalue weighted by molar-refractivity contribution is 0.219. The van der Waals surface area contributed by atoms with Gasteiger partial charge in [0.1, 0.15) is 5.75 Å². The molecule has 88 valence electrons. The lowest BCUT2D eigenvalue weighted by Gasteiger charge is -2.24. The van der Waals surface area contributed by atoms with Crippen molar-refractivity contribution in [2.45, 2.75) is 6.92 Å². The van der Waals surface area contributed by atoms with Gasteiger partial charge in [0, 0.05) is 32.4 Å². The average molecular weight is 222 g/mol. The summed E-state index contributed by atoms with van der Waals surface area (Å²) in [6, 6.07) is 7.40. The van der Waals surface area contributed by atoms with Crippen molar-refractivity contribution >= 4 is 11.7 Å². The molecule has 0 saturated carbocycles. The third-order valence-electron chi connectivity index (χ3n) is 2.53. The van der Waals surface area contributed by atoms with Gasteiger partial charge in [-0.15, -0.1) is 0 Å². The second-order valence-electron chi connectivity index (χ2n) is 3.56. The summed E-state index contributed by atoms with van der Waals surface area (Å²) < 4.78 is 5.12. The van der Waals surface area contributed by atoms with Crippen molar-refractivity contribution < 1.29 is 9.53 Å². The van der Waals surface area contributed by atoms with Crippen LogP contribution in [0.4, 0.5) is 10.5 Å². The number of nitrogens with zero attached hydrogens (tertiary/aromatic N) is 2. The molecule has 4 nitrogen and oxygen atoms in total. The molecule has 0 heterocycles. The number of carbonyl (C=O) groups is 1. The number of hydrogen-bond donors (Lipinski definition) is 0. The second-order valence-corrected chi connectivity index (χ2v) is 3.56. The van der Waals surface area contributed by atoms with Crippen LogP contribution in [0.5, 0.6) is 5.75 Å². The van der Waals surface area contributed by atoms with Gasteiger partial charge >= 0.3 is 6.03 Å². The van der Waals surface area contributed by atoms with Gasteiger partial charge in [-0.05, 0) is 19.1 Å². The zero-order valence-corrected chi connectivity index (χ0v) is 10.2. The predicted molar refractivity (Wildman–Crippen MR) is 65.1 cm³/mol. The van der Waals surface area contributed by atoms with Gasteiger partial charge in [0.25, 0.3) is 0 Å². The van der Waals surface area contributed by atoms with E-state index >= 15 is 0 Å². The molecule has 2 amide bonds. The van der Waals surface area contributed by atoms with Crippen LogP contribution in [0, 0.1) is 0 Å². The van der Waals surface area contributed by atoms with E-state index < -0.39 is 0 Å². The Labute approximate surface area is 96.4 Å². The third-order valence-corrected chi connectivity index (χ3v) is 2.53. The van der Waals surface area contributed by atoms with Crippen LogP contribution < -0.4 is 9.64 Å². The fraction of sp³-hybridized carbons (Fsp3) is 0.417. The number of ether oxygens (including phenoxy) is 1. The van der Waals surface area contributed by atoms with Crippen molar-refractivity contribution in [2.75, 3.05) is 32.6 Å². The van der Waals surface area contributed by atoms with E-state index in [4.69, 9.17) is 4.74 Å². The highest BCUT2D eigenvalue weighted by atomic mass is 16.5. The first kappa shape index (κ1) is 12.4. The molecule has 16 heavy (non-hydrogen) atoms. The SMILES string of the molecule is CCN(C)C(=O)N(C)c1cccc(OC)c1. The van der Waals surface area contributed by atoms with Crippen molar-refractivity contribution in [3.8, 4) is 5.75 Å². The Kier molecular flexibility index (Phi) is 4.17. The van der Waals surface area contributed by atoms with E-state index in [1.165, 1.54) is 0 Å². The van der Waals surface area contributed by atoms with Gasteiger partial charge in [-0.1, -0.05) is 6.07 Å². The Morgan fingerprint density at radius 3 is 2.62 bits per heavy atom. The molecule has 0 saturated heterocycles. The number of hydrogen-bond acceptors (Lipinski definition) is 2. The summed E-state index contributed by atoms with van der Waals surface area (Å²) in [7, 11) is 5.14.